The smallest absolute Gasteiger partial charge is 0.396 e. The molecule has 5 atom stereocenters. The summed E-state index contributed by atoms with van der Waals surface area (Å²) in [7, 11) is -16.6. The van der Waals surface area contributed by atoms with Gasteiger partial charge in [-0.05, 0) is 12.5 Å². The molecule has 32 heavy (non-hydrogen) atoms. The Morgan fingerprint density at radius 1 is 1.12 bits per heavy atom. The lowest BCUT2D eigenvalue weighted by Gasteiger charge is -2.46. The van der Waals surface area contributed by atoms with Gasteiger partial charge in [-0.15, -0.1) is 0 Å². The Labute approximate surface area is 179 Å². The van der Waals surface area contributed by atoms with E-state index in [4.69, 9.17) is 9.79 Å². The van der Waals surface area contributed by atoms with Crippen molar-refractivity contribution in [3.63, 3.8) is 0 Å². The molecule has 2 heterocycles. The molecule has 0 saturated heterocycles. The van der Waals surface area contributed by atoms with Gasteiger partial charge in [-0.1, -0.05) is 0 Å². The Hall–Kier alpha value is -1.41. The highest BCUT2D eigenvalue weighted by Crippen LogP contribution is 2.66. The summed E-state index contributed by atoms with van der Waals surface area (Å²) < 4.78 is 61.0. The van der Waals surface area contributed by atoms with E-state index in [0.717, 1.165) is 0 Å². The van der Waals surface area contributed by atoms with Crippen molar-refractivity contribution in [1.29, 1.82) is 0 Å². The molecule has 0 aromatic carbocycles. The molecule has 5 N–H and O–H groups in total. The first-order chi connectivity index (χ1) is 14.8. The van der Waals surface area contributed by atoms with Gasteiger partial charge >= 0.3 is 23.5 Å². The first-order valence-electron chi connectivity index (χ1n) is 8.62. The number of rotatable bonds is 9. The van der Waals surface area contributed by atoms with Crippen LogP contribution >= 0.6 is 23.5 Å². The number of aliphatic hydroxyl groups is 1. The Balaban J connectivity index is 1.75. The minimum absolute atomic E-state index is 0.0401. The summed E-state index contributed by atoms with van der Waals surface area (Å²) in [5, 5.41) is 9.78. The number of halogens is 1. The van der Waals surface area contributed by atoms with Crippen molar-refractivity contribution in [3.8, 4) is 0 Å². The maximum atomic E-state index is 13.7. The number of phosphoric acid groups is 3. The van der Waals surface area contributed by atoms with Crippen LogP contribution in [0, 0.1) is 18.8 Å². The molecule has 0 amide bonds. The number of hydrogen-bond donors (Lipinski definition) is 5. The van der Waals surface area contributed by atoms with E-state index in [1.807, 2.05) is 0 Å². The van der Waals surface area contributed by atoms with Crippen molar-refractivity contribution in [3.05, 3.63) is 30.3 Å². The van der Waals surface area contributed by atoms with Crippen LogP contribution in [-0.2, 0) is 26.8 Å². The molecular weight excluding hydrogens is 500 g/mol. The molecule has 2 unspecified atom stereocenters. The van der Waals surface area contributed by atoms with Crippen LogP contribution in [0.15, 0.2) is 24.6 Å². The van der Waals surface area contributed by atoms with Crippen LogP contribution in [-0.4, -0.2) is 57.4 Å². The third kappa shape index (κ3) is 5.38. The van der Waals surface area contributed by atoms with Crippen LogP contribution in [0.25, 0.3) is 11.2 Å². The molecule has 0 radical (unpaired) electrons. The molecule has 0 bridgehead atoms. The summed E-state index contributed by atoms with van der Waals surface area (Å²) in [6, 6.07) is -0.765. The summed E-state index contributed by atoms with van der Waals surface area (Å²) in [6.45, 7) is 0.445. The second-order valence-electron chi connectivity index (χ2n) is 6.68. The van der Waals surface area contributed by atoms with Gasteiger partial charge in [0.25, 0.3) is 0 Å². The fourth-order valence-electron chi connectivity index (χ4n) is 3.42. The number of phosphoric ester groups is 1. The highest BCUT2D eigenvalue weighted by molar-refractivity contribution is 7.66. The van der Waals surface area contributed by atoms with Crippen LogP contribution in [0.3, 0.4) is 0 Å². The van der Waals surface area contributed by atoms with Gasteiger partial charge in [0.15, 0.2) is 5.65 Å². The van der Waals surface area contributed by atoms with E-state index < -0.39 is 54.6 Å². The Kier molecular flexibility index (Phi) is 7.16. The van der Waals surface area contributed by atoms with Crippen LogP contribution in [0.4, 0.5) is 4.39 Å². The monoisotopic (exact) mass is 518 g/mol. The quantitative estimate of drug-likeness (QED) is 0.293. The van der Waals surface area contributed by atoms with E-state index in [0.29, 0.717) is 16.9 Å². The van der Waals surface area contributed by atoms with Crippen molar-refractivity contribution >= 4 is 34.6 Å². The zero-order valence-electron chi connectivity index (χ0n) is 16.1. The van der Waals surface area contributed by atoms with Crippen LogP contribution in [0.1, 0.15) is 11.7 Å². The fraction of sp³-hybridized carbons (Fsp3) is 0.462. The fourth-order valence-corrected chi connectivity index (χ4v) is 6.47. The lowest BCUT2D eigenvalue weighted by Crippen LogP contribution is -2.45. The van der Waals surface area contributed by atoms with Crippen LogP contribution in [0.5, 0.6) is 0 Å². The number of imidazole rings is 1. The third-order valence-corrected chi connectivity index (χ3v) is 8.51. The molecular formula is C13H18FN4O11P3. The predicted molar refractivity (Wildman–Crippen MR) is 102 cm³/mol. The van der Waals surface area contributed by atoms with E-state index in [-0.39, 0.29) is 11.9 Å². The molecule has 0 aliphatic heterocycles. The number of hydrogen-bond acceptors (Lipinski definition) is 10. The Morgan fingerprint density at radius 3 is 2.41 bits per heavy atom. The molecule has 1 aliphatic rings. The highest BCUT2D eigenvalue weighted by Gasteiger charge is 2.49. The van der Waals surface area contributed by atoms with E-state index in [9.17, 15) is 33.0 Å². The zero-order chi connectivity index (χ0) is 23.9. The largest absolute Gasteiger partial charge is 0.490 e. The Bertz CT molecular complexity index is 1180. The molecule has 2 aromatic rings. The molecule has 15 nitrogen and oxygen atoms in total. The van der Waals surface area contributed by atoms with Gasteiger partial charge in [0, 0.05) is 18.4 Å². The molecule has 0 spiro atoms. The SMILES string of the molecule is Cc1ncnc2c1ncn2[C@@H]1/C(=C\F)[C@H](COP(=O)(O)OP(=O)(O)OP(=O)(O)O)[C@H]1CO. The van der Waals surface area contributed by atoms with E-state index >= 15 is 0 Å². The maximum Gasteiger partial charge on any atom is 0.490 e. The van der Waals surface area contributed by atoms with Crippen molar-refractivity contribution in [2.24, 2.45) is 11.8 Å². The lowest BCUT2D eigenvalue weighted by atomic mass is 9.66. The van der Waals surface area contributed by atoms with Gasteiger partial charge < -0.3 is 29.2 Å². The average molecular weight is 518 g/mol. The van der Waals surface area contributed by atoms with E-state index in [1.165, 1.54) is 17.2 Å². The number of aliphatic hydroxyl groups excluding tert-OH is 1. The summed E-state index contributed by atoms with van der Waals surface area (Å²) in [6.07, 6.45) is 2.89. The lowest BCUT2D eigenvalue weighted by molar-refractivity contribution is 0.0476. The summed E-state index contributed by atoms with van der Waals surface area (Å²) in [4.78, 5) is 48.1. The molecule has 1 aliphatic carbocycles. The summed E-state index contributed by atoms with van der Waals surface area (Å²) in [5.41, 5.74) is 1.44. The first kappa shape index (κ1) is 25.2. The summed E-state index contributed by atoms with van der Waals surface area (Å²) in [5.74, 6) is -1.70. The van der Waals surface area contributed by atoms with Gasteiger partial charge in [-0.3, -0.25) is 4.52 Å². The second kappa shape index (κ2) is 9.09. The minimum atomic E-state index is -5.68. The highest BCUT2D eigenvalue weighted by atomic mass is 31.3. The van der Waals surface area contributed by atoms with Crippen molar-refractivity contribution in [1.82, 2.24) is 19.5 Å². The first-order valence-corrected chi connectivity index (χ1v) is 13.1. The Morgan fingerprint density at radius 2 is 1.81 bits per heavy atom. The third-order valence-electron chi connectivity index (χ3n) is 4.70. The van der Waals surface area contributed by atoms with Crippen molar-refractivity contribution in [2.45, 2.75) is 13.0 Å². The topological polar surface area (TPSA) is 224 Å². The van der Waals surface area contributed by atoms with Gasteiger partial charge in [0.1, 0.15) is 11.8 Å². The zero-order valence-corrected chi connectivity index (χ0v) is 18.8. The number of nitrogens with zero attached hydrogens (tertiary/aromatic N) is 4. The minimum Gasteiger partial charge on any atom is -0.396 e. The molecule has 2 aromatic heterocycles. The van der Waals surface area contributed by atoms with Crippen LogP contribution < -0.4 is 0 Å². The standard InChI is InChI=1S/C13H18FN4O11P3/c1-7-11-13(16-5-15-7)18(6-17-11)12-8(2-14)10(9(12)3-19)4-27-31(23,24)29-32(25,26)28-30(20,21)22/h2,5-6,9-10,12,19H,3-4H2,1H3,(H,23,24)(H,25,26)(H2,20,21,22)/b8-2-/t9-,10+,12-/m1/s1. The predicted octanol–water partition coefficient (Wildman–Crippen LogP) is 1.11. The molecule has 1 fully saturated rings. The molecule has 1 saturated carbocycles. The van der Waals surface area contributed by atoms with Crippen molar-refractivity contribution in [2.75, 3.05) is 13.2 Å². The van der Waals surface area contributed by atoms with E-state index in [1.54, 1.807) is 6.92 Å². The van der Waals surface area contributed by atoms with Crippen molar-refractivity contribution < 1.29 is 55.9 Å². The van der Waals surface area contributed by atoms with E-state index in [2.05, 4.69) is 28.1 Å². The van der Waals surface area contributed by atoms with Gasteiger partial charge in [-0.25, -0.2) is 33.0 Å². The van der Waals surface area contributed by atoms with Gasteiger partial charge in [0.05, 0.1) is 31.0 Å². The van der Waals surface area contributed by atoms with Gasteiger partial charge in [0.2, 0.25) is 0 Å². The number of fused-ring (bicyclic) bond motifs is 1. The molecule has 3 rings (SSSR count). The summed E-state index contributed by atoms with van der Waals surface area (Å²) >= 11 is 0. The number of aromatic nitrogens is 4. The van der Waals surface area contributed by atoms with Gasteiger partial charge in [-0.2, -0.15) is 8.62 Å². The number of aryl methyl sites for hydroxylation is 1. The second-order valence-corrected chi connectivity index (χ2v) is 11.1. The van der Waals surface area contributed by atoms with Crippen LogP contribution in [0.2, 0.25) is 0 Å². The normalized spacial score (nSPS) is 26.6. The average Bonchev–Trinajstić information content (AvgIpc) is 3.03. The molecule has 178 valence electrons. The maximum absolute atomic E-state index is 13.7. The molecule has 19 heteroatoms.